The zero-order chi connectivity index (χ0) is 13.1. The first-order chi connectivity index (χ1) is 9.36. The zero-order valence-corrected chi connectivity index (χ0v) is 11.9. The fourth-order valence-electron chi connectivity index (χ4n) is 2.90. The Bertz CT molecular complexity index is 534. The molecule has 3 heteroatoms. The molecule has 2 aromatic rings. The van der Waals surface area contributed by atoms with Crippen LogP contribution >= 0.6 is 11.3 Å². The highest BCUT2D eigenvalue weighted by Crippen LogP contribution is 2.27. The molecular weight excluding hydrogens is 252 g/mol. The lowest BCUT2D eigenvalue weighted by atomic mass is 9.97. The summed E-state index contributed by atoms with van der Waals surface area (Å²) in [5, 5.41) is 4.35. The first-order valence-corrected chi connectivity index (χ1v) is 7.90. The van der Waals surface area contributed by atoms with Gasteiger partial charge >= 0.3 is 0 Å². The van der Waals surface area contributed by atoms with Crippen LogP contribution in [-0.4, -0.2) is 0 Å². The number of rotatable bonds is 5. The van der Waals surface area contributed by atoms with E-state index in [-0.39, 0.29) is 6.04 Å². The molecule has 1 aliphatic carbocycles. The number of thiophene rings is 1. The van der Waals surface area contributed by atoms with Gasteiger partial charge in [0.25, 0.3) is 0 Å². The fourth-order valence-corrected chi connectivity index (χ4v) is 3.60. The highest BCUT2D eigenvalue weighted by molar-refractivity contribution is 7.07. The lowest BCUT2D eigenvalue weighted by Crippen LogP contribution is -2.28. The Morgan fingerprint density at radius 3 is 2.89 bits per heavy atom. The fraction of sp³-hybridized carbons (Fsp3) is 0.375. The molecule has 0 spiro atoms. The summed E-state index contributed by atoms with van der Waals surface area (Å²) >= 11 is 1.76. The maximum Gasteiger partial charge on any atom is 0.0463 e. The van der Waals surface area contributed by atoms with E-state index in [0.717, 1.165) is 12.8 Å². The van der Waals surface area contributed by atoms with Crippen molar-refractivity contribution in [3.05, 3.63) is 57.3 Å². The number of fused-ring (bicyclic) bond motifs is 1. The lowest BCUT2D eigenvalue weighted by Gasteiger charge is -2.17. The number of aryl methyl sites for hydroxylation is 3. The van der Waals surface area contributed by atoms with Gasteiger partial charge < -0.3 is 0 Å². The number of hydrogen-bond donors (Lipinski definition) is 2. The van der Waals surface area contributed by atoms with Crippen LogP contribution in [0.15, 0.2) is 35.0 Å². The number of nitrogens with two attached hydrogens (primary N) is 1. The number of hydrazine groups is 1. The molecule has 19 heavy (non-hydrogen) atoms. The van der Waals surface area contributed by atoms with E-state index in [2.05, 4.69) is 40.5 Å². The Morgan fingerprint density at radius 1 is 1.21 bits per heavy atom. The molecular formula is C16H20N2S. The van der Waals surface area contributed by atoms with Crippen molar-refractivity contribution in [2.24, 2.45) is 5.84 Å². The zero-order valence-electron chi connectivity index (χ0n) is 11.1. The van der Waals surface area contributed by atoms with Crippen molar-refractivity contribution in [1.82, 2.24) is 5.43 Å². The van der Waals surface area contributed by atoms with E-state index in [4.69, 9.17) is 5.84 Å². The molecule has 1 aromatic carbocycles. The van der Waals surface area contributed by atoms with Crippen LogP contribution in [0.3, 0.4) is 0 Å². The third-order valence-corrected chi connectivity index (χ3v) is 4.76. The Kier molecular flexibility index (Phi) is 3.97. The Hall–Kier alpha value is -1.16. The summed E-state index contributed by atoms with van der Waals surface area (Å²) in [7, 11) is 0. The molecule has 3 N–H and O–H groups in total. The molecule has 1 unspecified atom stereocenters. The largest absolute Gasteiger partial charge is 0.271 e. The van der Waals surface area contributed by atoms with Gasteiger partial charge in [-0.05, 0) is 71.2 Å². The SMILES string of the molecule is NNC(CCc1ccsc1)c1ccc2c(c1)CCC2. The van der Waals surface area contributed by atoms with Crippen LogP contribution in [0.4, 0.5) is 0 Å². The number of hydrogen-bond acceptors (Lipinski definition) is 3. The molecule has 0 saturated heterocycles. The van der Waals surface area contributed by atoms with E-state index in [1.807, 2.05) is 0 Å². The average Bonchev–Trinajstić information content (AvgIpc) is 3.09. The normalized spacial score (nSPS) is 15.4. The van der Waals surface area contributed by atoms with Gasteiger partial charge in [0, 0.05) is 6.04 Å². The standard InChI is InChI=1S/C16H20N2S/c17-18-16(7-4-12-8-9-19-11-12)15-6-5-13-2-1-3-14(13)10-15/h5-6,8-11,16,18H,1-4,7,17H2. The van der Waals surface area contributed by atoms with Gasteiger partial charge in [-0.3, -0.25) is 11.3 Å². The summed E-state index contributed by atoms with van der Waals surface area (Å²) in [5.41, 5.74) is 8.76. The van der Waals surface area contributed by atoms with Crippen molar-refractivity contribution in [1.29, 1.82) is 0 Å². The number of benzene rings is 1. The Labute approximate surface area is 118 Å². The van der Waals surface area contributed by atoms with E-state index in [1.54, 1.807) is 11.3 Å². The van der Waals surface area contributed by atoms with Crippen LogP contribution in [-0.2, 0) is 19.3 Å². The second kappa shape index (κ2) is 5.87. The monoisotopic (exact) mass is 272 g/mol. The Morgan fingerprint density at radius 2 is 2.11 bits per heavy atom. The molecule has 1 aromatic heterocycles. The molecule has 0 saturated carbocycles. The van der Waals surface area contributed by atoms with Crippen LogP contribution in [0.2, 0.25) is 0 Å². The molecule has 0 amide bonds. The number of nitrogens with one attached hydrogen (secondary N) is 1. The summed E-state index contributed by atoms with van der Waals surface area (Å²) in [6.07, 6.45) is 5.89. The van der Waals surface area contributed by atoms with Gasteiger partial charge in [-0.1, -0.05) is 18.2 Å². The molecule has 3 rings (SSSR count). The van der Waals surface area contributed by atoms with Crippen molar-refractivity contribution in [2.75, 3.05) is 0 Å². The van der Waals surface area contributed by atoms with Crippen molar-refractivity contribution in [3.8, 4) is 0 Å². The molecule has 0 fully saturated rings. The Balaban J connectivity index is 1.71. The molecule has 100 valence electrons. The summed E-state index contributed by atoms with van der Waals surface area (Å²) < 4.78 is 0. The van der Waals surface area contributed by atoms with E-state index >= 15 is 0 Å². The topological polar surface area (TPSA) is 38.0 Å². The maximum atomic E-state index is 5.74. The molecule has 0 radical (unpaired) electrons. The molecule has 0 bridgehead atoms. The summed E-state index contributed by atoms with van der Waals surface area (Å²) in [6.45, 7) is 0. The summed E-state index contributed by atoms with van der Waals surface area (Å²) in [6, 6.07) is 9.32. The third kappa shape index (κ3) is 2.89. The van der Waals surface area contributed by atoms with Gasteiger partial charge in [0.1, 0.15) is 0 Å². The quantitative estimate of drug-likeness (QED) is 0.647. The molecule has 0 aliphatic heterocycles. The second-order valence-electron chi connectivity index (χ2n) is 5.27. The molecule has 1 aliphatic rings. The van der Waals surface area contributed by atoms with Crippen molar-refractivity contribution >= 4 is 11.3 Å². The average molecular weight is 272 g/mol. The second-order valence-corrected chi connectivity index (χ2v) is 6.05. The van der Waals surface area contributed by atoms with Crippen LogP contribution in [0, 0.1) is 0 Å². The van der Waals surface area contributed by atoms with Crippen molar-refractivity contribution in [3.63, 3.8) is 0 Å². The molecule has 1 heterocycles. The summed E-state index contributed by atoms with van der Waals surface area (Å²) in [4.78, 5) is 0. The van der Waals surface area contributed by atoms with Crippen molar-refractivity contribution < 1.29 is 0 Å². The minimum atomic E-state index is 0.255. The lowest BCUT2D eigenvalue weighted by molar-refractivity contribution is 0.516. The third-order valence-electron chi connectivity index (χ3n) is 4.03. The molecule has 1 atom stereocenters. The van der Waals surface area contributed by atoms with E-state index in [9.17, 15) is 0 Å². The minimum absolute atomic E-state index is 0.255. The van der Waals surface area contributed by atoms with E-state index in [1.165, 1.54) is 41.5 Å². The molecule has 2 nitrogen and oxygen atoms in total. The minimum Gasteiger partial charge on any atom is -0.271 e. The van der Waals surface area contributed by atoms with Crippen LogP contribution in [0.25, 0.3) is 0 Å². The summed E-state index contributed by atoms with van der Waals surface area (Å²) in [5.74, 6) is 5.74. The highest BCUT2D eigenvalue weighted by atomic mass is 32.1. The van der Waals surface area contributed by atoms with E-state index < -0.39 is 0 Å². The van der Waals surface area contributed by atoms with Gasteiger partial charge in [0.15, 0.2) is 0 Å². The first kappa shape index (κ1) is 12.9. The van der Waals surface area contributed by atoms with Gasteiger partial charge in [-0.15, -0.1) is 0 Å². The maximum absolute atomic E-state index is 5.74. The van der Waals surface area contributed by atoms with Crippen molar-refractivity contribution in [2.45, 2.75) is 38.1 Å². The highest BCUT2D eigenvalue weighted by Gasteiger charge is 2.15. The van der Waals surface area contributed by atoms with Gasteiger partial charge in [0.05, 0.1) is 0 Å². The van der Waals surface area contributed by atoms with Gasteiger partial charge in [0.2, 0.25) is 0 Å². The van der Waals surface area contributed by atoms with E-state index in [0.29, 0.717) is 0 Å². The predicted octanol–water partition coefficient (Wildman–Crippen LogP) is 3.37. The smallest absolute Gasteiger partial charge is 0.0463 e. The van der Waals surface area contributed by atoms with Crippen LogP contribution < -0.4 is 11.3 Å². The van der Waals surface area contributed by atoms with Crippen LogP contribution in [0.1, 0.15) is 41.1 Å². The van der Waals surface area contributed by atoms with Gasteiger partial charge in [-0.25, -0.2) is 0 Å². The first-order valence-electron chi connectivity index (χ1n) is 6.96. The predicted molar refractivity (Wildman–Crippen MR) is 81.2 cm³/mol. The van der Waals surface area contributed by atoms with Crippen LogP contribution in [0.5, 0.6) is 0 Å². The van der Waals surface area contributed by atoms with Gasteiger partial charge in [-0.2, -0.15) is 11.3 Å².